The van der Waals surface area contributed by atoms with E-state index in [4.69, 9.17) is 14.7 Å². The highest BCUT2D eigenvalue weighted by Gasteiger charge is 2.39. The lowest BCUT2D eigenvalue weighted by molar-refractivity contribution is -0.0453. The van der Waals surface area contributed by atoms with Crippen molar-refractivity contribution in [2.75, 3.05) is 19.0 Å². The second-order valence-electron chi connectivity index (χ2n) is 5.36. The molecule has 0 unspecified atom stereocenters. The molecular weight excluding hydrogens is 270 g/mol. The molecule has 1 aliphatic carbocycles. The van der Waals surface area contributed by atoms with Gasteiger partial charge in [0.25, 0.3) is 0 Å². The van der Waals surface area contributed by atoms with E-state index in [-0.39, 0.29) is 5.60 Å². The molecule has 2 aromatic heterocycles. The number of ether oxygens (including phenoxy) is 1. The zero-order valence-electron chi connectivity index (χ0n) is 12.3. The first-order valence-electron chi connectivity index (χ1n) is 7.29. The van der Waals surface area contributed by atoms with Crippen LogP contribution in [-0.2, 0) is 10.3 Å². The fourth-order valence-corrected chi connectivity index (χ4v) is 3.97. The number of aromatic nitrogens is 2. The van der Waals surface area contributed by atoms with Gasteiger partial charge in [0, 0.05) is 18.5 Å². The number of hydrogen-bond donors (Lipinski definition) is 1. The summed E-state index contributed by atoms with van der Waals surface area (Å²) in [5, 5.41) is 4.32. The lowest BCUT2D eigenvalue weighted by atomic mass is 10.0. The first kappa shape index (κ1) is 13.8. The van der Waals surface area contributed by atoms with E-state index in [9.17, 15) is 0 Å². The van der Waals surface area contributed by atoms with Gasteiger partial charge in [0.15, 0.2) is 5.82 Å². The number of anilines is 1. The van der Waals surface area contributed by atoms with Crippen molar-refractivity contribution >= 4 is 27.4 Å². The Morgan fingerprint density at radius 1 is 1.35 bits per heavy atom. The Morgan fingerprint density at radius 2 is 2.10 bits per heavy atom. The van der Waals surface area contributed by atoms with Crippen LogP contribution in [0.4, 0.5) is 5.82 Å². The van der Waals surface area contributed by atoms with E-state index in [2.05, 4.69) is 18.3 Å². The molecule has 1 aliphatic rings. The Hall–Kier alpha value is -1.20. The molecule has 0 spiro atoms. The minimum absolute atomic E-state index is 0.271. The van der Waals surface area contributed by atoms with Crippen LogP contribution >= 0.6 is 11.3 Å². The Labute approximate surface area is 123 Å². The van der Waals surface area contributed by atoms with Gasteiger partial charge in [-0.25, -0.2) is 9.97 Å². The number of fused-ring (bicyclic) bond motifs is 1. The second-order valence-corrected chi connectivity index (χ2v) is 6.59. The summed E-state index contributed by atoms with van der Waals surface area (Å²) in [4.78, 5) is 11.9. The monoisotopic (exact) mass is 291 g/mol. The molecule has 4 nitrogen and oxygen atoms in total. The predicted molar refractivity (Wildman–Crippen MR) is 83.5 cm³/mol. The second kappa shape index (κ2) is 5.30. The molecule has 0 atom stereocenters. The summed E-state index contributed by atoms with van der Waals surface area (Å²) in [6.07, 6.45) is 4.44. The van der Waals surface area contributed by atoms with Crippen LogP contribution in [0.3, 0.4) is 0 Å². The number of nitrogens with zero attached hydrogens (tertiary/aromatic N) is 2. The Balaban J connectivity index is 2.15. The molecule has 0 radical (unpaired) electrons. The van der Waals surface area contributed by atoms with E-state index in [0.717, 1.165) is 34.7 Å². The van der Waals surface area contributed by atoms with Gasteiger partial charge in [0.2, 0.25) is 0 Å². The zero-order valence-corrected chi connectivity index (χ0v) is 13.1. The van der Waals surface area contributed by atoms with Crippen molar-refractivity contribution in [3.8, 4) is 0 Å². The zero-order chi connectivity index (χ0) is 14.2. The smallest absolute Gasteiger partial charge is 0.164 e. The molecule has 0 aliphatic heterocycles. The first-order valence-corrected chi connectivity index (χ1v) is 8.10. The molecule has 0 amide bonds. The van der Waals surface area contributed by atoms with Gasteiger partial charge >= 0.3 is 0 Å². The maximum absolute atomic E-state index is 6.08. The van der Waals surface area contributed by atoms with Crippen molar-refractivity contribution in [3.05, 3.63) is 16.8 Å². The average Bonchev–Trinajstić information content (AvgIpc) is 3.04. The molecule has 3 rings (SSSR count). The molecule has 2 heterocycles. The molecule has 0 saturated heterocycles. The van der Waals surface area contributed by atoms with E-state index in [0.29, 0.717) is 6.61 Å². The van der Waals surface area contributed by atoms with Crippen molar-refractivity contribution in [2.24, 2.45) is 0 Å². The van der Waals surface area contributed by atoms with Gasteiger partial charge < -0.3 is 10.1 Å². The topological polar surface area (TPSA) is 47.0 Å². The summed E-state index contributed by atoms with van der Waals surface area (Å²) in [6, 6.07) is 2.15. The third kappa shape index (κ3) is 2.19. The standard InChI is InChI=1S/C15H21N3OS/c1-4-19-15(7-5-6-8-15)14-17-12(16-3)11-9-10(2)20-13(11)18-14/h9H,4-8H2,1-3H3,(H,16,17,18). The molecule has 108 valence electrons. The molecule has 0 bridgehead atoms. The van der Waals surface area contributed by atoms with Crippen molar-refractivity contribution < 1.29 is 4.74 Å². The van der Waals surface area contributed by atoms with Gasteiger partial charge in [0.1, 0.15) is 16.2 Å². The summed E-state index contributed by atoms with van der Waals surface area (Å²) in [6.45, 7) is 4.87. The molecule has 20 heavy (non-hydrogen) atoms. The molecule has 1 saturated carbocycles. The molecule has 1 N–H and O–H groups in total. The van der Waals surface area contributed by atoms with Crippen LogP contribution in [0.15, 0.2) is 6.07 Å². The van der Waals surface area contributed by atoms with E-state index in [1.807, 2.05) is 14.0 Å². The lowest BCUT2D eigenvalue weighted by Crippen LogP contribution is -2.29. The van der Waals surface area contributed by atoms with Crippen LogP contribution in [0.2, 0.25) is 0 Å². The number of aryl methyl sites for hydroxylation is 1. The first-order chi connectivity index (χ1) is 9.68. The minimum Gasteiger partial charge on any atom is -0.372 e. The van der Waals surface area contributed by atoms with Crippen molar-refractivity contribution in [2.45, 2.75) is 45.1 Å². The maximum Gasteiger partial charge on any atom is 0.164 e. The quantitative estimate of drug-likeness (QED) is 0.929. The summed E-state index contributed by atoms with van der Waals surface area (Å²) in [5.74, 6) is 1.77. The Morgan fingerprint density at radius 3 is 2.75 bits per heavy atom. The van der Waals surface area contributed by atoms with Gasteiger partial charge in [-0.05, 0) is 45.6 Å². The summed E-state index contributed by atoms with van der Waals surface area (Å²) in [7, 11) is 1.92. The molecule has 0 aromatic carbocycles. The Kier molecular flexibility index (Phi) is 3.65. The summed E-state index contributed by atoms with van der Waals surface area (Å²) < 4.78 is 6.08. The normalized spacial score (nSPS) is 17.8. The fourth-order valence-electron chi connectivity index (χ4n) is 3.09. The van der Waals surface area contributed by atoms with Crippen LogP contribution in [0, 0.1) is 6.92 Å². The highest BCUT2D eigenvalue weighted by molar-refractivity contribution is 7.18. The van der Waals surface area contributed by atoms with Crippen molar-refractivity contribution in [3.63, 3.8) is 0 Å². The molecule has 5 heteroatoms. The highest BCUT2D eigenvalue weighted by Crippen LogP contribution is 2.42. The average molecular weight is 291 g/mol. The van der Waals surface area contributed by atoms with Gasteiger partial charge in [0.05, 0.1) is 5.39 Å². The van der Waals surface area contributed by atoms with Gasteiger partial charge in [-0.2, -0.15) is 0 Å². The SMILES string of the molecule is CCOC1(c2nc(NC)c3cc(C)sc3n2)CCCC1. The minimum atomic E-state index is -0.271. The van der Waals surface area contributed by atoms with E-state index in [1.54, 1.807) is 11.3 Å². The van der Waals surface area contributed by atoms with E-state index in [1.165, 1.54) is 17.7 Å². The number of rotatable bonds is 4. The van der Waals surface area contributed by atoms with Gasteiger partial charge in [-0.1, -0.05) is 0 Å². The fraction of sp³-hybridized carbons (Fsp3) is 0.600. The predicted octanol–water partition coefficient (Wildman–Crippen LogP) is 3.85. The van der Waals surface area contributed by atoms with Crippen LogP contribution < -0.4 is 5.32 Å². The van der Waals surface area contributed by atoms with Crippen LogP contribution in [-0.4, -0.2) is 23.6 Å². The highest BCUT2D eigenvalue weighted by atomic mass is 32.1. The summed E-state index contributed by atoms with van der Waals surface area (Å²) in [5.41, 5.74) is -0.271. The van der Waals surface area contributed by atoms with Gasteiger partial charge in [-0.15, -0.1) is 11.3 Å². The third-order valence-electron chi connectivity index (χ3n) is 3.99. The number of thiophene rings is 1. The van der Waals surface area contributed by atoms with Crippen LogP contribution in [0.25, 0.3) is 10.2 Å². The largest absolute Gasteiger partial charge is 0.372 e. The molecule has 1 fully saturated rings. The molecular formula is C15H21N3OS. The number of nitrogens with one attached hydrogen (secondary N) is 1. The van der Waals surface area contributed by atoms with E-state index < -0.39 is 0 Å². The van der Waals surface area contributed by atoms with Crippen LogP contribution in [0.1, 0.15) is 43.3 Å². The maximum atomic E-state index is 6.08. The Bertz CT molecular complexity index is 617. The molecule has 2 aromatic rings. The lowest BCUT2D eigenvalue weighted by Gasteiger charge is -2.27. The summed E-state index contributed by atoms with van der Waals surface area (Å²) >= 11 is 1.72. The van der Waals surface area contributed by atoms with Crippen molar-refractivity contribution in [1.82, 2.24) is 9.97 Å². The number of hydrogen-bond acceptors (Lipinski definition) is 5. The van der Waals surface area contributed by atoms with Crippen LogP contribution in [0.5, 0.6) is 0 Å². The third-order valence-corrected chi connectivity index (χ3v) is 4.94. The van der Waals surface area contributed by atoms with E-state index >= 15 is 0 Å². The van der Waals surface area contributed by atoms with Gasteiger partial charge in [-0.3, -0.25) is 0 Å². The van der Waals surface area contributed by atoms with Crippen molar-refractivity contribution in [1.29, 1.82) is 0 Å².